The van der Waals surface area contributed by atoms with Gasteiger partial charge in [-0.2, -0.15) is 0 Å². The molecule has 0 radical (unpaired) electrons. The molecule has 182 valence electrons. The molecule has 1 heterocycles. The second-order valence-electron chi connectivity index (χ2n) is 8.69. The Morgan fingerprint density at radius 2 is 1.79 bits per heavy atom. The van der Waals surface area contributed by atoms with E-state index >= 15 is 0 Å². The first-order valence-electron chi connectivity index (χ1n) is 11.8. The quantitative estimate of drug-likeness (QED) is 0.387. The number of aliphatic carboxylic acids is 1. The first kappa shape index (κ1) is 25.7. The van der Waals surface area contributed by atoms with Crippen molar-refractivity contribution in [3.8, 4) is 0 Å². The second kappa shape index (κ2) is 12.6. The van der Waals surface area contributed by atoms with Crippen LogP contribution in [-0.2, 0) is 11.3 Å². The summed E-state index contributed by atoms with van der Waals surface area (Å²) < 4.78 is 0.897. The first-order chi connectivity index (χ1) is 16.4. The Kier molecular flexibility index (Phi) is 9.51. The lowest BCUT2D eigenvalue weighted by Gasteiger charge is -2.40. The number of benzene rings is 2. The molecule has 2 aromatic carbocycles. The first-order valence-corrected chi connectivity index (χ1v) is 12.6. The Labute approximate surface area is 209 Å². The number of carbonyl (C=O) groups excluding carboxylic acids is 2. The summed E-state index contributed by atoms with van der Waals surface area (Å²) in [5, 5.41) is 12.4. The molecule has 3 rings (SSSR count). The summed E-state index contributed by atoms with van der Waals surface area (Å²) in [7, 11) is 0. The van der Waals surface area contributed by atoms with Crippen molar-refractivity contribution in [2.75, 3.05) is 24.5 Å². The van der Waals surface area contributed by atoms with Gasteiger partial charge in [0.1, 0.15) is 0 Å². The molecule has 1 aliphatic heterocycles. The molecule has 1 atom stereocenters. The smallest absolute Gasteiger partial charge is 0.324 e. The summed E-state index contributed by atoms with van der Waals surface area (Å²) in [6, 6.07) is 14.5. The Morgan fingerprint density at radius 3 is 2.50 bits per heavy atom. The van der Waals surface area contributed by atoms with E-state index in [1.165, 1.54) is 0 Å². The summed E-state index contributed by atoms with van der Waals surface area (Å²) in [6.07, 6.45) is 4.27. The van der Waals surface area contributed by atoms with Gasteiger partial charge in [-0.05, 0) is 42.3 Å². The van der Waals surface area contributed by atoms with Crippen LogP contribution >= 0.6 is 15.9 Å². The minimum atomic E-state index is -0.891. The predicted molar refractivity (Wildman–Crippen MR) is 136 cm³/mol. The molecule has 34 heavy (non-hydrogen) atoms. The van der Waals surface area contributed by atoms with Crippen LogP contribution in [-0.4, -0.2) is 47.5 Å². The fourth-order valence-corrected chi connectivity index (χ4v) is 4.50. The highest BCUT2D eigenvalue weighted by Crippen LogP contribution is 2.27. The molecule has 0 aromatic heterocycles. The van der Waals surface area contributed by atoms with Crippen LogP contribution in [0.25, 0.3) is 0 Å². The maximum atomic E-state index is 13.4. The van der Waals surface area contributed by atoms with Crippen molar-refractivity contribution >= 4 is 39.5 Å². The monoisotopic (exact) mass is 529 g/mol. The summed E-state index contributed by atoms with van der Waals surface area (Å²) in [5.74, 6) is -1.26. The number of carbonyl (C=O) groups is 3. The van der Waals surface area contributed by atoms with E-state index in [0.717, 1.165) is 35.7 Å². The SMILES string of the molecule is CCCCCCNC(=O)c1ccccc1CN1CC(CC(=O)O)CN(c2ccc(Br)cc2)C1=O. The van der Waals surface area contributed by atoms with Gasteiger partial charge in [0.05, 0.1) is 6.42 Å². The molecule has 1 fully saturated rings. The average Bonchev–Trinajstić information content (AvgIpc) is 2.81. The van der Waals surface area contributed by atoms with Crippen molar-refractivity contribution in [1.29, 1.82) is 0 Å². The summed E-state index contributed by atoms with van der Waals surface area (Å²) in [6.45, 7) is 3.67. The van der Waals surface area contributed by atoms with Gasteiger partial charge in [0, 0.05) is 47.8 Å². The molecule has 3 amide bonds. The average molecular weight is 530 g/mol. The molecule has 1 unspecified atom stereocenters. The number of amides is 3. The number of anilines is 1. The molecule has 0 saturated carbocycles. The number of hydrogen-bond donors (Lipinski definition) is 2. The highest BCUT2D eigenvalue weighted by atomic mass is 79.9. The number of carboxylic acid groups (broad SMARTS) is 1. The fraction of sp³-hybridized carbons (Fsp3) is 0.423. The Morgan fingerprint density at radius 1 is 1.06 bits per heavy atom. The summed E-state index contributed by atoms with van der Waals surface area (Å²) in [4.78, 5) is 40.9. The van der Waals surface area contributed by atoms with E-state index in [4.69, 9.17) is 0 Å². The van der Waals surface area contributed by atoms with Gasteiger partial charge >= 0.3 is 12.0 Å². The number of rotatable bonds is 11. The van der Waals surface area contributed by atoms with Crippen LogP contribution in [0.5, 0.6) is 0 Å². The number of nitrogens with zero attached hydrogens (tertiary/aromatic N) is 2. The molecule has 2 aromatic rings. The second-order valence-corrected chi connectivity index (χ2v) is 9.60. The van der Waals surface area contributed by atoms with Crippen molar-refractivity contribution < 1.29 is 19.5 Å². The third kappa shape index (κ3) is 7.06. The van der Waals surface area contributed by atoms with E-state index in [2.05, 4.69) is 28.2 Å². The van der Waals surface area contributed by atoms with Crippen LogP contribution in [0, 0.1) is 5.92 Å². The number of nitrogens with one attached hydrogen (secondary N) is 1. The largest absolute Gasteiger partial charge is 0.481 e. The number of hydrogen-bond acceptors (Lipinski definition) is 3. The molecule has 1 aliphatic rings. The zero-order valence-corrected chi connectivity index (χ0v) is 21.1. The molecule has 1 saturated heterocycles. The van der Waals surface area contributed by atoms with Crippen LogP contribution in [0.15, 0.2) is 53.0 Å². The summed E-state index contributed by atoms with van der Waals surface area (Å²) >= 11 is 3.41. The van der Waals surface area contributed by atoms with E-state index in [0.29, 0.717) is 30.9 Å². The number of carboxylic acids is 1. The molecular weight excluding hydrogens is 498 g/mol. The normalized spacial score (nSPS) is 15.9. The number of unbranched alkanes of at least 4 members (excludes halogenated alkanes) is 3. The third-order valence-electron chi connectivity index (χ3n) is 5.96. The topological polar surface area (TPSA) is 89.9 Å². The third-order valence-corrected chi connectivity index (χ3v) is 6.49. The Bertz CT molecular complexity index is 996. The van der Waals surface area contributed by atoms with Crippen LogP contribution in [0.4, 0.5) is 10.5 Å². The van der Waals surface area contributed by atoms with Gasteiger partial charge in [0.15, 0.2) is 0 Å². The molecule has 8 heteroatoms. The summed E-state index contributed by atoms with van der Waals surface area (Å²) in [5.41, 5.74) is 2.00. The molecule has 7 nitrogen and oxygen atoms in total. The molecular formula is C26H32BrN3O4. The van der Waals surface area contributed by atoms with E-state index < -0.39 is 5.97 Å². The van der Waals surface area contributed by atoms with Gasteiger partial charge in [-0.15, -0.1) is 0 Å². The van der Waals surface area contributed by atoms with Crippen molar-refractivity contribution in [2.24, 2.45) is 5.92 Å². The van der Waals surface area contributed by atoms with Gasteiger partial charge in [-0.1, -0.05) is 60.3 Å². The maximum Gasteiger partial charge on any atom is 0.324 e. The fourth-order valence-electron chi connectivity index (χ4n) is 4.23. The van der Waals surface area contributed by atoms with E-state index in [1.54, 1.807) is 15.9 Å². The van der Waals surface area contributed by atoms with Crippen LogP contribution in [0.2, 0.25) is 0 Å². The van der Waals surface area contributed by atoms with Crippen molar-refractivity contribution in [2.45, 2.75) is 45.6 Å². The highest BCUT2D eigenvalue weighted by Gasteiger charge is 2.34. The molecule has 0 spiro atoms. The van der Waals surface area contributed by atoms with E-state index in [1.807, 2.05) is 42.5 Å². The van der Waals surface area contributed by atoms with Gasteiger partial charge in [-0.3, -0.25) is 14.5 Å². The number of halogens is 1. The van der Waals surface area contributed by atoms with Crippen molar-refractivity contribution in [1.82, 2.24) is 10.2 Å². The minimum absolute atomic E-state index is 0.0311. The lowest BCUT2D eigenvalue weighted by Crippen LogP contribution is -2.53. The zero-order valence-electron chi connectivity index (χ0n) is 19.5. The molecule has 0 aliphatic carbocycles. The standard InChI is InChI=1S/C26H32BrN3O4/c1-2-3-4-7-14-28-25(33)23-9-6-5-8-20(23)18-29-16-19(15-24(31)32)17-30(26(29)34)22-12-10-21(27)11-13-22/h5-6,8-13,19H,2-4,7,14-18H2,1H3,(H,28,33)(H,31,32). The van der Waals surface area contributed by atoms with E-state index in [-0.39, 0.29) is 30.8 Å². The van der Waals surface area contributed by atoms with Crippen LogP contribution in [0.1, 0.15) is 54.9 Å². The van der Waals surface area contributed by atoms with Gasteiger partial charge in [0.2, 0.25) is 0 Å². The molecule has 2 N–H and O–H groups in total. The Balaban J connectivity index is 1.77. The maximum absolute atomic E-state index is 13.4. The minimum Gasteiger partial charge on any atom is -0.481 e. The van der Waals surface area contributed by atoms with E-state index in [9.17, 15) is 19.5 Å². The number of urea groups is 1. The van der Waals surface area contributed by atoms with Crippen LogP contribution < -0.4 is 10.2 Å². The van der Waals surface area contributed by atoms with Gasteiger partial charge < -0.3 is 15.3 Å². The van der Waals surface area contributed by atoms with Gasteiger partial charge in [-0.25, -0.2) is 4.79 Å². The highest BCUT2D eigenvalue weighted by molar-refractivity contribution is 9.10. The van der Waals surface area contributed by atoms with Crippen molar-refractivity contribution in [3.05, 3.63) is 64.1 Å². The zero-order chi connectivity index (χ0) is 24.5. The Hall–Kier alpha value is -2.87. The lowest BCUT2D eigenvalue weighted by atomic mass is 9.99. The molecule has 0 bridgehead atoms. The predicted octanol–water partition coefficient (Wildman–Crippen LogP) is 5.29. The van der Waals surface area contributed by atoms with Gasteiger partial charge in [0.25, 0.3) is 5.91 Å². The van der Waals surface area contributed by atoms with Crippen molar-refractivity contribution in [3.63, 3.8) is 0 Å². The lowest BCUT2D eigenvalue weighted by molar-refractivity contribution is -0.138. The van der Waals surface area contributed by atoms with Crippen LogP contribution in [0.3, 0.4) is 0 Å².